The summed E-state index contributed by atoms with van der Waals surface area (Å²) in [5, 5.41) is 0. The average Bonchev–Trinajstić information content (AvgIpc) is 2.79. The molecule has 0 aliphatic carbocycles. The summed E-state index contributed by atoms with van der Waals surface area (Å²) in [5.41, 5.74) is 9.80. The zero-order valence-electron chi connectivity index (χ0n) is 12.4. The number of hydrogen-bond donors (Lipinski definition) is 1. The molecule has 0 unspecified atom stereocenters. The lowest BCUT2D eigenvalue weighted by atomic mass is 9.90. The lowest BCUT2D eigenvalue weighted by Crippen LogP contribution is -2.44. The van der Waals surface area contributed by atoms with E-state index in [9.17, 15) is 0 Å². The molecule has 1 aromatic carbocycles. The summed E-state index contributed by atoms with van der Waals surface area (Å²) in [5.74, 6) is 1.03. The predicted octanol–water partition coefficient (Wildman–Crippen LogP) is 2.72. The van der Waals surface area contributed by atoms with Gasteiger partial charge in [-0.2, -0.15) is 0 Å². The molecule has 0 saturated carbocycles. The molecule has 3 rings (SSSR count). The Balaban J connectivity index is 2.15. The van der Waals surface area contributed by atoms with Gasteiger partial charge in [0.1, 0.15) is 5.82 Å². The maximum absolute atomic E-state index is 6.65. The highest BCUT2D eigenvalue weighted by molar-refractivity contribution is 5.77. The van der Waals surface area contributed by atoms with Crippen LogP contribution in [0.5, 0.6) is 0 Å². The normalized spacial score (nSPS) is 18.6. The van der Waals surface area contributed by atoms with Gasteiger partial charge in [-0.1, -0.05) is 13.0 Å². The number of hydrogen-bond acceptors (Lipinski definition) is 3. The molecular formula is C16H23N3O. The Kier molecular flexibility index (Phi) is 3.52. The quantitative estimate of drug-likeness (QED) is 0.935. The molecule has 0 atom stereocenters. The van der Waals surface area contributed by atoms with Crippen LogP contribution in [0, 0.1) is 6.92 Å². The van der Waals surface area contributed by atoms with Crippen molar-refractivity contribution in [2.24, 2.45) is 5.73 Å². The maximum atomic E-state index is 6.65. The van der Waals surface area contributed by atoms with Gasteiger partial charge in [-0.25, -0.2) is 4.98 Å². The number of nitrogens with two attached hydrogens (primary N) is 1. The lowest BCUT2D eigenvalue weighted by Gasteiger charge is -2.33. The van der Waals surface area contributed by atoms with Crippen LogP contribution >= 0.6 is 0 Å². The zero-order chi connectivity index (χ0) is 14.2. The minimum Gasteiger partial charge on any atom is -0.381 e. The van der Waals surface area contributed by atoms with Crippen molar-refractivity contribution < 1.29 is 4.74 Å². The summed E-state index contributed by atoms with van der Waals surface area (Å²) in [6.07, 6.45) is 2.77. The fraction of sp³-hybridized carbons (Fsp3) is 0.562. The van der Waals surface area contributed by atoms with Crippen LogP contribution in [0.1, 0.15) is 37.6 Å². The second kappa shape index (κ2) is 5.19. The second-order valence-corrected chi connectivity index (χ2v) is 5.85. The molecule has 20 heavy (non-hydrogen) atoms. The summed E-state index contributed by atoms with van der Waals surface area (Å²) < 4.78 is 7.77. The summed E-state index contributed by atoms with van der Waals surface area (Å²) in [7, 11) is 0. The van der Waals surface area contributed by atoms with E-state index in [0.29, 0.717) is 0 Å². The molecule has 4 nitrogen and oxygen atoms in total. The van der Waals surface area contributed by atoms with Crippen LogP contribution < -0.4 is 5.73 Å². The molecule has 1 fully saturated rings. The number of aromatic nitrogens is 2. The number of ether oxygens (including phenoxy) is 1. The summed E-state index contributed by atoms with van der Waals surface area (Å²) >= 11 is 0. The smallest absolute Gasteiger partial charge is 0.130 e. The van der Waals surface area contributed by atoms with Crippen LogP contribution in [-0.2, 0) is 16.8 Å². The summed E-state index contributed by atoms with van der Waals surface area (Å²) in [6, 6.07) is 6.46. The van der Waals surface area contributed by atoms with Crippen LogP contribution in [-0.4, -0.2) is 22.8 Å². The Morgan fingerprint density at radius 2 is 2.10 bits per heavy atom. The molecule has 2 heterocycles. The Hall–Kier alpha value is -1.39. The van der Waals surface area contributed by atoms with E-state index in [1.54, 1.807) is 0 Å². The molecule has 4 heteroatoms. The van der Waals surface area contributed by atoms with E-state index in [4.69, 9.17) is 15.5 Å². The molecule has 2 aromatic rings. The van der Waals surface area contributed by atoms with Crippen LogP contribution in [0.3, 0.4) is 0 Å². The van der Waals surface area contributed by atoms with Gasteiger partial charge in [-0.05, 0) is 43.9 Å². The number of rotatable bonds is 3. The van der Waals surface area contributed by atoms with Crippen LogP contribution in [0.15, 0.2) is 18.2 Å². The third-order valence-electron chi connectivity index (χ3n) is 4.18. The third kappa shape index (κ3) is 2.23. The first kappa shape index (κ1) is 13.6. The van der Waals surface area contributed by atoms with E-state index >= 15 is 0 Å². The fourth-order valence-corrected chi connectivity index (χ4v) is 3.03. The Morgan fingerprint density at radius 3 is 2.80 bits per heavy atom. The van der Waals surface area contributed by atoms with Gasteiger partial charge in [0.2, 0.25) is 0 Å². The van der Waals surface area contributed by atoms with Gasteiger partial charge in [-0.3, -0.25) is 0 Å². The highest BCUT2D eigenvalue weighted by atomic mass is 16.5. The first-order chi connectivity index (χ1) is 9.64. The third-order valence-corrected chi connectivity index (χ3v) is 4.18. The molecule has 1 aromatic heterocycles. The molecule has 1 aliphatic heterocycles. The van der Waals surface area contributed by atoms with E-state index in [1.165, 1.54) is 11.1 Å². The van der Waals surface area contributed by atoms with Gasteiger partial charge in [0.25, 0.3) is 0 Å². The number of imidazole rings is 1. The average molecular weight is 273 g/mol. The van der Waals surface area contributed by atoms with Crippen molar-refractivity contribution >= 4 is 11.0 Å². The van der Waals surface area contributed by atoms with E-state index in [2.05, 4.69) is 36.6 Å². The standard InChI is InChI=1S/C16H23N3O/c1-3-8-19-14-5-4-12(2)11-13(14)18-15(19)16(17)6-9-20-10-7-16/h4-5,11H,3,6-10,17H2,1-2H3. The van der Waals surface area contributed by atoms with Gasteiger partial charge < -0.3 is 15.0 Å². The molecule has 1 aliphatic rings. The molecular weight excluding hydrogens is 250 g/mol. The van der Waals surface area contributed by atoms with E-state index < -0.39 is 0 Å². The van der Waals surface area contributed by atoms with Crippen molar-refractivity contribution in [3.63, 3.8) is 0 Å². The summed E-state index contributed by atoms with van der Waals surface area (Å²) in [4.78, 5) is 4.87. The first-order valence-corrected chi connectivity index (χ1v) is 7.48. The Labute approximate surface area is 119 Å². The SMILES string of the molecule is CCCn1c(C2(N)CCOCC2)nc2cc(C)ccc21. The monoisotopic (exact) mass is 273 g/mol. The molecule has 2 N–H and O–H groups in total. The van der Waals surface area contributed by atoms with Crippen molar-refractivity contribution in [1.82, 2.24) is 9.55 Å². The zero-order valence-corrected chi connectivity index (χ0v) is 12.4. The van der Waals surface area contributed by atoms with Gasteiger partial charge >= 0.3 is 0 Å². The van der Waals surface area contributed by atoms with Crippen LogP contribution in [0.2, 0.25) is 0 Å². The molecule has 0 bridgehead atoms. The molecule has 0 amide bonds. The van der Waals surface area contributed by atoms with E-state index in [0.717, 1.165) is 50.4 Å². The minimum absolute atomic E-state index is 0.347. The number of benzene rings is 1. The Morgan fingerprint density at radius 1 is 1.35 bits per heavy atom. The summed E-state index contributed by atoms with van der Waals surface area (Å²) in [6.45, 7) is 6.71. The van der Waals surface area contributed by atoms with Crippen molar-refractivity contribution in [1.29, 1.82) is 0 Å². The van der Waals surface area contributed by atoms with Crippen molar-refractivity contribution in [2.45, 2.75) is 45.2 Å². The van der Waals surface area contributed by atoms with Crippen molar-refractivity contribution in [3.05, 3.63) is 29.6 Å². The molecule has 1 saturated heterocycles. The minimum atomic E-state index is -0.347. The molecule has 108 valence electrons. The predicted molar refractivity (Wildman–Crippen MR) is 80.7 cm³/mol. The maximum Gasteiger partial charge on any atom is 0.130 e. The van der Waals surface area contributed by atoms with Gasteiger partial charge in [0.15, 0.2) is 0 Å². The van der Waals surface area contributed by atoms with Crippen molar-refractivity contribution in [3.8, 4) is 0 Å². The molecule has 0 radical (unpaired) electrons. The number of aryl methyl sites for hydroxylation is 2. The highest BCUT2D eigenvalue weighted by Gasteiger charge is 2.35. The number of fused-ring (bicyclic) bond motifs is 1. The van der Waals surface area contributed by atoms with Crippen molar-refractivity contribution in [2.75, 3.05) is 13.2 Å². The van der Waals surface area contributed by atoms with Crippen LogP contribution in [0.4, 0.5) is 0 Å². The number of nitrogens with zero attached hydrogens (tertiary/aromatic N) is 2. The van der Waals surface area contributed by atoms with Crippen LogP contribution in [0.25, 0.3) is 11.0 Å². The second-order valence-electron chi connectivity index (χ2n) is 5.85. The highest BCUT2D eigenvalue weighted by Crippen LogP contribution is 2.31. The van der Waals surface area contributed by atoms with E-state index in [-0.39, 0.29) is 5.54 Å². The lowest BCUT2D eigenvalue weighted by molar-refractivity contribution is 0.0480. The largest absolute Gasteiger partial charge is 0.381 e. The first-order valence-electron chi connectivity index (χ1n) is 7.48. The van der Waals surface area contributed by atoms with E-state index in [1.807, 2.05) is 0 Å². The fourth-order valence-electron chi connectivity index (χ4n) is 3.03. The Bertz CT molecular complexity index is 611. The topological polar surface area (TPSA) is 53.1 Å². The van der Waals surface area contributed by atoms with Gasteiger partial charge in [-0.15, -0.1) is 0 Å². The van der Waals surface area contributed by atoms with Gasteiger partial charge in [0, 0.05) is 19.8 Å². The van der Waals surface area contributed by atoms with Gasteiger partial charge in [0.05, 0.1) is 16.6 Å². The molecule has 0 spiro atoms.